The summed E-state index contributed by atoms with van der Waals surface area (Å²) in [5.41, 5.74) is 0.770. The van der Waals surface area contributed by atoms with Crippen LogP contribution < -0.4 is 0 Å². The third kappa shape index (κ3) is 1.89. The molecule has 2 aliphatic rings. The fraction of sp³-hybridized carbons (Fsp3) is 0.176. The minimum absolute atomic E-state index is 0.152. The summed E-state index contributed by atoms with van der Waals surface area (Å²) in [6.45, 7) is 0. The molecule has 1 aromatic rings. The van der Waals surface area contributed by atoms with E-state index in [0.717, 1.165) is 11.1 Å². The summed E-state index contributed by atoms with van der Waals surface area (Å²) in [6.07, 6.45) is 4.63. The maximum atomic E-state index is 12.5. The van der Waals surface area contributed by atoms with Crippen molar-refractivity contribution in [2.45, 2.75) is 5.54 Å². The molecule has 0 fully saturated rings. The number of ether oxygens (including phenoxy) is 1. The summed E-state index contributed by atoms with van der Waals surface area (Å²) in [5.74, 6) is 0.128. The van der Waals surface area contributed by atoms with Crippen LogP contribution in [0.25, 0.3) is 5.57 Å². The van der Waals surface area contributed by atoms with Crippen LogP contribution in [-0.4, -0.2) is 36.3 Å². The number of nitrogens with zero attached hydrogens (tertiary/aromatic N) is 1. The molecule has 0 saturated carbocycles. The van der Waals surface area contributed by atoms with Crippen LogP contribution in [0, 0.1) is 0 Å². The van der Waals surface area contributed by atoms with E-state index in [1.54, 1.807) is 18.0 Å². The first kappa shape index (κ1) is 14.8. The van der Waals surface area contributed by atoms with E-state index in [2.05, 4.69) is 15.9 Å². The predicted molar refractivity (Wildman–Crippen MR) is 87.0 cm³/mol. The highest BCUT2D eigenvalue weighted by Crippen LogP contribution is 2.49. The van der Waals surface area contributed by atoms with Crippen LogP contribution in [0.2, 0.25) is 0 Å². The topological polar surface area (TPSA) is 46.6 Å². The second-order valence-corrected chi connectivity index (χ2v) is 5.93. The third-order valence-electron chi connectivity index (χ3n) is 4.04. The van der Waals surface area contributed by atoms with Gasteiger partial charge in [0.05, 0.1) is 11.6 Å². The molecular formula is C17H14BrNO3. The Morgan fingerprint density at radius 3 is 2.50 bits per heavy atom. The molecule has 0 N–H and O–H groups in total. The summed E-state index contributed by atoms with van der Waals surface area (Å²) in [6, 6.07) is 9.60. The van der Waals surface area contributed by atoms with Gasteiger partial charge in [-0.15, -0.1) is 0 Å². The maximum absolute atomic E-state index is 12.5. The number of likely N-dealkylation sites (N-methyl/N-ethyl adjacent to an activating group) is 1. The lowest BCUT2D eigenvalue weighted by atomic mass is 9.81. The van der Waals surface area contributed by atoms with Crippen molar-refractivity contribution in [1.82, 2.24) is 4.90 Å². The second kappa shape index (κ2) is 5.25. The van der Waals surface area contributed by atoms with Gasteiger partial charge < -0.3 is 9.64 Å². The van der Waals surface area contributed by atoms with Crippen molar-refractivity contribution < 1.29 is 14.3 Å². The van der Waals surface area contributed by atoms with Gasteiger partial charge in [-0.05, 0) is 33.6 Å². The van der Waals surface area contributed by atoms with Crippen molar-refractivity contribution in [1.29, 1.82) is 0 Å². The van der Waals surface area contributed by atoms with Crippen LogP contribution >= 0.6 is 15.9 Å². The molecule has 5 heteroatoms. The number of methoxy groups -OCH3 is 1. The number of ketones is 1. The zero-order valence-electron chi connectivity index (χ0n) is 12.2. The van der Waals surface area contributed by atoms with E-state index in [1.165, 1.54) is 19.3 Å². The number of halogens is 1. The Kier molecular flexibility index (Phi) is 3.53. The first-order valence-corrected chi connectivity index (χ1v) is 7.55. The molecule has 0 saturated heterocycles. The van der Waals surface area contributed by atoms with Gasteiger partial charge in [-0.1, -0.05) is 30.3 Å². The molecule has 1 aromatic carbocycles. The molecule has 112 valence electrons. The zero-order valence-corrected chi connectivity index (χ0v) is 13.8. The van der Waals surface area contributed by atoms with Crippen LogP contribution in [0.15, 0.2) is 58.8 Å². The highest BCUT2D eigenvalue weighted by Gasteiger charge is 2.52. The average Bonchev–Trinajstić information content (AvgIpc) is 2.73. The number of amides is 1. The van der Waals surface area contributed by atoms with E-state index in [-0.39, 0.29) is 11.7 Å². The molecule has 1 unspecified atom stereocenters. The van der Waals surface area contributed by atoms with Gasteiger partial charge in [-0.25, -0.2) is 0 Å². The normalized spacial score (nSPS) is 24.3. The molecule has 22 heavy (non-hydrogen) atoms. The summed E-state index contributed by atoms with van der Waals surface area (Å²) in [5, 5.41) is 0. The minimum atomic E-state index is -0.903. The smallest absolute Gasteiger partial charge is 0.262 e. The Bertz CT molecular complexity index is 748. The van der Waals surface area contributed by atoms with Gasteiger partial charge in [0.15, 0.2) is 5.78 Å². The molecule has 1 amide bonds. The highest BCUT2D eigenvalue weighted by atomic mass is 79.9. The fourth-order valence-corrected chi connectivity index (χ4v) is 3.77. The number of benzene rings is 1. The third-order valence-corrected chi connectivity index (χ3v) is 4.78. The number of carbonyl (C=O) groups excluding carboxylic acids is 2. The quantitative estimate of drug-likeness (QED) is 0.815. The van der Waals surface area contributed by atoms with Crippen molar-refractivity contribution in [2.24, 2.45) is 0 Å². The Morgan fingerprint density at radius 1 is 1.18 bits per heavy atom. The molecule has 1 spiro atoms. The van der Waals surface area contributed by atoms with Crippen LogP contribution in [0.1, 0.15) is 5.56 Å². The maximum Gasteiger partial charge on any atom is 0.262 e. The molecule has 1 aliphatic heterocycles. The number of rotatable bonds is 2. The van der Waals surface area contributed by atoms with Gasteiger partial charge in [0, 0.05) is 18.7 Å². The fourth-order valence-electron chi connectivity index (χ4n) is 2.97. The number of carbonyl (C=O) groups is 2. The Morgan fingerprint density at radius 2 is 1.86 bits per heavy atom. The number of allylic oxidation sites excluding steroid dienone is 2. The van der Waals surface area contributed by atoms with Gasteiger partial charge in [-0.3, -0.25) is 9.59 Å². The van der Waals surface area contributed by atoms with Gasteiger partial charge in [0.1, 0.15) is 11.3 Å². The molecule has 0 bridgehead atoms. The van der Waals surface area contributed by atoms with Crippen LogP contribution in [0.3, 0.4) is 0 Å². The number of hydrogen-bond acceptors (Lipinski definition) is 3. The van der Waals surface area contributed by atoms with Crippen molar-refractivity contribution in [3.05, 3.63) is 64.4 Å². The standard InChI is InChI=1S/C17H14BrNO3/c1-19-16(21)15(18)14(11-6-4-3-5-7-11)17(19)9-8-12(20)10-13(17)22-2/h3-10H,1-2H3. The van der Waals surface area contributed by atoms with E-state index in [0.29, 0.717) is 10.2 Å². The molecular weight excluding hydrogens is 346 g/mol. The molecule has 4 nitrogen and oxygen atoms in total. The SMILES string of the molecule is COC1=CC(=O)C=CC12C(c1ccccc1)=C(Br)C(=O)N2C. The van der Waals surface area contributed by atoms with Crippen LogP contribution in [0.4, 0.5) is 0 Å². The van der Waals surface area contributed by atoms with E-state index in [9.17, 15) is 9.59 Å². The Labute approximate surface area is 136 Å². The van der Waals surface area contributed by atoms with Gasteiger partial charge in [-0.2, -0.15) is 0 Å². The summed E-state index contributed by atoms with van der Waals surface area (Å²) < 4.78 is 5.93. The van der Waals surface area contributed by atoms with E-state index in [1.807, 2.05) is 30.3 Å². The second-order valence-electron chi connectivity index (χ2n) is 5.13. The first-order chi connectivity index (χ1) is 10.5. The molecule has 1 heterocycles. The minimum Gasteiger partial charge on any atom is -0.498 e. The molecule has 1 aliphatic carbocycles. The predicted octanol–water partition coefficient (Wildman–Crippen LogP) is 2.67. The lowest BCUT2D eigenvalue weighted by Gasteiger charge is -2.38. The van der Waals surface area contributed by atoms with Crippen molar-refractivity contribution >= 4 is 33.2 Å². The highest BCUT2D eigenvalue weighted by molar-refractivity contribution is 9.12. The van der Waals surface area contributed by atoms with Crippen molar-refractivity contribution in [3.63, 3.8) is 0 Å². The molecule has 0 radical (unpaired) electrons. The first-order valence-electron chi connectivity index (χ1n) is 6.75. The molecule has 3 rings (SSSR count). The van der Waals surface area contributed by atoms with Gasteiger partial charge in [0.2, 0.25) is 0 Å². The van der Waals surface area contributed by atoms with E-state index in [4.69, 9.17) is 4.74 Å². The zero-order chi connectivity index (χ0) is 15.9. The summed E-state index contributed by atoms with van der Waals surface area (Å²) >= 11 is 3.42. The van der Waals surface area contributed by atoms with Crippen molar-refractivity contribution in [2.75, 3.05) is 14.2 Å². The monoisotopic (exact) mass is 359 g/mol. The summed E-state index contributed by atoms with van der Waals surface area (Å²) in [4.78, 5) is 25.8. The number of hydrogen-bond donors (Lipinski definition) is 0. The van der Waals surface area contributed by atoms with Crippen molar-refractivity contribution in [3.8, 4) is 0 Å². The molecule has 1 atom stereocenters. The van der Waals surface area contributed by atoms with Gasteiger partial charge >= 0.3 is 0 Å². The van der Waals surface area contributed by atoms with Crippen LogP contribution in [-0.2, 0) is 14.3 Å². The lowest BCUT2D eigenvalue weighted by Crippen LogP contribution is -2.47. The van der Waals surface area contributed by atoms with Gasteiger partial charge in [0.25, 0.3) is 5.91 Å². The van der Waals surface area contributed by atoms with E-state index >= 15 is 0 Å². The average molecular weight is 360 g/mol. The Hall–Kier alpha value is -2.14. The lowest BCUT2D eigenvalue weighted by molar-refractivity contribution is -0.126. The molecule has 0 aromatic heterocycles. The Balaban J connectivity index is 2.29. The van der Waals surface area contributed by atoms with Crippen LogP contribution in [0.5, 0.6) is 0 Å². The largest absolute Gasteiger partial charge is 0.498 e. The summed E-state index contributed by atoms with van der Waals surface area (Å²) in [7, 11) is 3.21. The van der Waals surface area contributed by atoms with E-state index < -0.39 is 5.54 Å².